The van der Waals surface area contributed by atoms with E-state index in [-0.39, 0.29) is 5.41 Å². The summed E-state index contributed by atoms with van der Waals surface area (Å²) in [6.45, 7) is 0. The van der Waals surface area contributed by atoms with Crippen LogP contribution in [0.25, 0.3) is 44.5 Å². The minimum Gasteiger partial charge on any atom is -0.310 e. The molecule has 0 saturated heterocycles. The van der Waals surface area contributed by atoms with Crippen molar-refractivity contribution >= 4 is 34.1 Å². The van der Waals surface area contributed by atoms with Crippen LogP contribution in [0.2, 0.25) is 0 Å². The Morgan fingerprint density at radius 1 is 0.373 bits per heavy atom. The van der Waals surface area contributed by atoms with Crippen LogP contribution in [0.1, 0.15) is 73.1 Å². The van der Waals surface area contributed by atoms with Crippen LogP contribution in [-0.4, -0.2) is 0 Å². The highest BCUT2D eigenvalue weighted by Crippen LogP contribution is 2.63. The Morgan fingerprint density at radius 2 is 0.866 bits per heavy atom. The molecule has 0 heterocycles. The average Bonchev–Trinajstić information content (AvgIpc) is 4.13. The Labute approximate surface area is 395 Å². The summed E-state index contributed by atoms with van der Waals surface area (Å²) in [5, 5.41) is 0. The van der Waals surface area contributed by atoms with Crippen LogP contribution in [0.15, 0.2) is 218 Å². The summed E-state index contributed by atoms with van der Waals surface area (Å²) in [6, 6.07) is 82.0. The van der Waals surface area contributed by atoms with E-state index in [1.165, 1.54) is 140 Å². The van der Waals surface area contributed by atoms with Crippen LogP contribution in [0.3, 0.4) is 0 Å². The van der Waals surface area contributed by atoms with Crippen molar-refractivity contribution in [3.05, 3.63) is 241 Å². The zero-order valence-electron chi connectivity index (χ0n) is 38.0. The first-order chi connectivity index (χ1) is 33.2. The third kappa shape index (κ3) is 6.68. The average molecular weight is 863 g/mol. The van der Waals surface area contributed by atoms with Gasteiger partial charge in [-0.25, -0.2) is 0 Å². The molecule has 2 heteroatoms. The number of fused-ring (bicyclic) bond motifs is 10. The first-order valence-electron chi connectivity index (χ1n) is 24.7. The Hall–Kier alpha value is -7.42. The van der Waals surface area contributed by atoms with Gasteiger partial charge in [0, 0.05) is 39.3 Å². The van der Waals surface area contributed by atoms with E-state index < -0.39 is 0 Å². The fourth-order valence-corrected chi connectivity index (χ4v) is 12.9. The van der Waals surface area contributed by atoms with Crippen molar-refractivity contribution in [2.24, 2.45) is 5.92 Å². The van der Waals surface area contributed by atoms with E-state index in [9.17, 15) is 0 Å². The maximum atomic E-state index is 2.74. The van der Waals surface area contributed by atoms with Gasteiger partial charge in [0.05, 0.1) is 11.4 Å². The van der Waals surface area contributed by atoms with Crippen molar-refractivity contribution in [2.75, 3.05) is 9.80 Å². The van der Waals surface area contributed by atoms with E-state index >= 15 is 0 Å². The number of benzene rings is 9. The van der Waals surface area contributed by atoms with Crippen LogP contribution in [0.4, 0.5) is 34.1 Å². The van der Waals surface area contributed by atoms with E-state index in [1.807, 2.05) is 0 Å². The van der Waals surface area contributed by atoms with Crippen molar-refractivity contribution < 1.29 is 0 Å². The summed E-state index contributed by atoms with van der Waals surface area (Å²) in [5.41, 5.74) is 24.0. The number of hydrogen-bond acceptors (Lipinski definition) is 2. The first kappa shape index (κ1) is 39.9. The number of para-hydroxylation sites is 2. The van der Waals surface area contributed by atoms with Gasteiger partial charge >= 0.3 is 0 Å². The highest BCUT2D eigenvalue weighted by atomic mass is 15.2. The van der Waals surface area contributed by atoms with Gasteiger partial charge in [0.1, 0.15) is 0 Å². The summed E-state index contributed by atoms with van der Waals surface area (Å²) in [7, 11) is 0. The predicted octanol–water partition coefficient (Wildman–Crippen LogP) is 17.9. The van der Waals surface area contributed by atoms with Crippen molar-refractivity contribution in [3.63, 3.8) is 0 Å². The fraction of sp³-hybridized carbons (Fsp3) is 0.169. The molecule has 2 nitrogen and oxygen atoms in total. The van der Waals surface area contributed by atoms with Crippen LogP contribution in [0, 0.1) is 5.92 Å². The second kappa shape index (κ2) is 16.5. The third-order valence-corrected chi connectivity index (χ3v) is 15.9. The molecule has 4 aliphatic rings. The van der Waals surface area contributed by atoms with E-state index in [1.54, 1.807) is 5.56 Å². The normalized spacial score (nSPS) is 17.2. The first-order valence-corrected chi connectivity index (χ1v) is 24.7. The topological polar surface area (TPSA) is 6.48 Å². The maximum Gasteiger partial charge on any atom is 0.0543 e. The molecule has 13 rings (SSSR count). The predicted molar refractivity (Wildman–Crippen MR) is 281 cm³/mol. The van der Waals surface area contributed by atoms with E-state index in [0.717, 1.165) is 6.42 Å². The molecule has 0 radical (unpaired) electrons. The van der Waals surface area contributed by atoms with Crippen molar-refractivity contribution in [1.82, 2.24) is 0 Å². The minimum absolute atomic E-state index is 0.0297. The third-order valence-electron chi connectivity index (χ3n) is 15.9. The van der Waals surface area contributed by atoms with Gasteiger partial charge in [-0.05, 0) is 172 Å². The highest BCUT2D eigenvalue weighted by Gasteiger charge is 2.48. The lowest BCUT2D eigenvalue weighted by molar-refractivity contribution is 0.487. The molecule has 324 valence electrons. The van der Waals surface area contributed by atoms with E-state index in [4.69, 9.17) is 0 Å². The molecule has 4 aliphatic carbocycles. The van der Waals surface area contributed by atoms with Gasteiger partial charge in [0.25, 0.3) is 0 Å². The number of hydrogen-bond donors (Lipinski definition) is 0. The van der Waals surface area contributed by atoms with Gasteiger partial charge in [0.15, 0.2) is 0 Å². The molecule has 0 aliphatic heterocycles. The van der Waals surface area contributed by atoms with Gasteiger partial charge in [-0.15, -0.1) is 0 Å². The maximum absolute atomic E-state index is 2.74. The van der Waals surface area contributed by atoms with Gasteiger partial charge < -0.3 is 9.80 Å². The molecule has 9 aromatic rings. The minimum atomic E-state index is -0.0297. The second-order valence-electron chi connectivity index (χ2n) is 19.5. The van der Waals surface area contributed by atoms with Crippen LogP contribution < -0.4 is 9.80 Å². The summed E-state index contributed by atoms with van der Waals surface area (Å²) < 4.78 is 0. The molecule has 0 N–H and O–H groups in total. The van der Waals surface area contributed by atoms with Crippen molar-refractivity contribution in [2.45, 2.75) is 62.7 Å². The largest absolute Gasteiger partial charge is 0.310 e. The molecule has 2 fully saturated rings. The number of anilines is 6. The Balaban J connectivity index is 1.02. The molecule has 0 bridgehead atoms. The monoisotopic (exact) mass is 862 g/mol. The quantitative estimate of drug-likeness (QED) is 0.150. The molecule has 0 amide bonds. The second-order valence-corrected chi connectivity index (χ2v) is 19.5. The van der Waals surface area contributed by atoms with E-state index in [0.29, 0.717) is 11.8 Å². The smallest absolute Gasteiger partial charge is 0.0543 e. The molecular formula is C65H54N2. The van der Waals surface area contributed by atoms with Gasteiger partial charge in [-0.3, -0.25) is 0 Å². The van der Waals surface area contributed by atoms with Gasteiger partial charge in [-0.2, -0.15) is 0 Å². The standard InChI is InChI=1S/C65H54N2/c1-5-18-45(19-6-1)47-32-36-53(37-33-47)66(51-24-9-3-10-25-51)61-30-16-23-50-42-49-22-15-28-55(49)56-43-58-60(44-57(56)63(50)61)65(40-13-14-41-65)59-29-17-31-62(64(58)59)67(52-26-11-4-12-27-52)54-38-34-48(35-39-54)46-20-7-2-8-21-46/h1-12,16-21,23-27,29-39,43-44,49,55H,13-15,22,28,40-42H2. The molecule has 0 aromatic heterocycles. The Morgan fingerprint density at radius 3 is 1.43 bits per heavy atom. The van der Waals surface area contributed by atoms with Crippen molar-refractivity contribution in [3.8, 4) is 44.5 Å². The molecule has 2 atom stereocenters. The molecular weight excluding hydrogens is 809 g/mol. The zero-order valence-corrected chi connectivity index (χ0v) is 38.0. The summed E-state index contributed by atoms with van der Waals surface area (Å²) in [5.74, 6) is 1.13. The lowest BCUT2D eigenvalue weighted by Crippen LogP contribution is -2.21. The fourth-order valence-electron chi connectivity index (χ4n) is 12.9. The van der Waals surface area contributed by atoms with Crippen LogP contribution in [0.5, 0.6) is 0 Å². The summed E-state index contributed by atoms with van der Waals surface area (Å²) >= 11 is 0. The van der Waals surface area contributed by atoms with Crippen LogP contribution in [-0.2, 0) is 11.8 Å². The summed E-state index contributed by atoms with van der Waals surface area (Å²) in [6.07, 6.45) is 9.77. The molecule has 9 aromatic carbocycles. The van der Waals surface area contributed by atoms with Crippen LogP contribution >= 0.6 is 0 Å². The van der Waals surface area contributed by atoms with Gasteiger partial charge in [-0.1, -0.05) is 165 Å². The van der Waals surface area contributed by atoms with Gasteiger partial charge in [0.2, 0.25) is 0 Å². The Bertz CT molecular complexity index is 3220. The zero-order chi connectivity index (χ0) is 44.3. The van der Waals surface area contributed by atoms with Crippen molar-refractivity contribution in [1.29, 1.82) is 0 Å². The number of nitrogens with zero attached hydrogens (tertiary/aromatic N) is 2. The molecule has 2 saturated carbocycles. The van der Waals surface area contributed by atoms with E-state index in [2.05, 4.69) is 228 Å². The summed E-state index contributed by atoms with van der Waals surface area (Å²) in [4.78, 5) is 5.06. The number of rotatable bonds is 8. The molecule has 1 spiro atoms. The SMILES string of the molecule is c1ccc(-c2ccc(N(c3ccccc3)c3cccc4c3-c3cc5c(cc3C3CCCC3C4)-c3c(N(c4ccccc4)c4ccc(-c6ccccc6)cc4)cccc3C53CCCC3)cc2)cc1. The molecule has 2 unspecified atom stereocenters. The Kier molecular flexibility index (Phi) is 9.81. The lowest BCUT2D eigenvalue weighted by Gasteiger charge is -2.31. The molecule has 67 heavy (non-hydrogen) atoms. The lowest BCUT2D eigenvalue weighted by atomic mass is 9.75. The highest BCUT2D eigenvalue weighted by molar-refractivity contribution is 5.99.